The summed E-state index contributed by atoms with van der Waals surface area (Å²) < 4.78 is 5.38. The average molecular weight is 331 g/mol. The molecule has 1 aromatic rings. The largest absolute Gasteiger partial charge is 0.497 e. The van der Waals surface area contributed by atoms with E-state index in [0.29, 0.717) is 12.5 Å². The van der Waals surface area contributed by atoms with E-state index >= 15 is 0 Å². The van der Waals surface area contributed by atoms with E-state index < -0.39 is 0 Å². The molecule has 0 unspecified atom stereocenters. The molecule has 2 aliphatic rings. The summed E-state index contributed by atoms with van der Waals surface area (Å²) in [6, 6.07) is 8.83. The van der Waals surface area contributed by atoms with E-state index in [2.05, 4.69) is 47.2 Å². The highest BCUT2D eigenvalue weighted by molar-refractivity contribution is 5.76. The van der Waals surface area contributed by atoms with Gasteiger partial charge in [0.1, 0.15) is 5.75 Å². The van der Waals surface area contributed by atoms with Crippen LogP contribution in [0.1, 0.15) is 33.1 Å². The number of hydrogen-bond donors (Lipinski definition) is 1. The number of hydrogen-bond acceptors (Lipinski definition) is 4. The Morgan fingerprint density at radius 2 is 2.08 bits per heavy atom. The molecule has 2 aliphatic heterocycles. The van der Waals surface area contributed by atoms with Crippen LogP contribution in [0.15, 0.2) is 24.3 Å². The molecule has 3 rings (SSSR count). The lowest BCUT2D eigenvalue weighted by molar-refractivity contribution is -0.120. The predicted octanol–water partition coefficient (Wildman–Crippen LogP) is 2.26. The molecule has 0 aliphatic carbocycles. The van der Waals surface area contributed by atoms with Crippen molar-refractivity contribution in [2.24, 2.45) is 0 Å². The molecule has 2 heterocycles. The van der Waals surface area contributed by atoms with Gasteiger partial charge in [0, 0.05) is 55.9 Å². The van der Waals surface area contributed by atoms with Gasteiger partial charge in [0.05, 0.1) is 7.11 Å². The fourth-order valence-electron chi connectivity index (χ4n) is 4.03. The van der Waals surface area contributed by atoms with Crippen molar-refractivity contribution >= 4 is 11.6 Å². The minimum atomic E-state index is 0.0500. The number of anilines is 1. The minimum Gasteiger partial charge on any atom is -0.497 e. The second-order valence-corrected chi connectivity index (χ2v) is 7.47. The van der Waals surface area contributed by atoms with Gasteiger partial charge in [-0.3, -0.25) is 9.69 Å². The van der Waals surface area contributed by atoms with Gasteiger partial charge >= 0.3 is 0 Å². The fraction of sp³-hybridized carbons (Fsp3) is 0.632. The van der Waals surface area contributed by atoms with Gasteiger partial charge in [0.2, 0.25) is 5.91 Å². The normalized spacial score (nSPS) is 25.0. The number of ether oxygens (including phenoxy) is 1. The Bertz CT molecular complexity index is 588. The SMILES string of the molecule is COc1cccc(N2CCN([C@H]3CCNC(=O)CC3)CC2(C)C)c1. The van der Waals surface area contributed by atoms with E-state index in [0.717, 1.165) is 44.8 Å². The van der Waals surface area contributed by atoms with Crippen molar-refractivity contribution in [3.05, 3.63) is 24.3 Å². The molecule has 1 atom stereocenters. The molecule has 2 saturated heterocycles. The lowest BCUT2D eigenvalue weighted by atomic mass is 9.95. The Morgan fingerprint density at radius 3 is 2.83 bits per heavy atom. The van der Waals surface area contributed by atoms with Gasteiger partial charge in [-0.2, -0.15) is 0 Å². The Labute approximate surface area is 145 Å². The van der Waals surface area contributed by atoms with E-state index in [-0.39, 0.29) is 11.4 Å². The van der Waals surface area contributed by atoms with Gasteiger partial charge in [-0.1, -0.05) is 6.07 Å². The molecule has 132 valence electrons. The standard InChI is InChI=1S/C19H29N3O2/c1-19(2)14-21(15-7-8-18(23)20-10-9-15)11-12-22(19)16-5-4-6-17(13-16)24-3/h4-6,13,15H,7-12,14H2,1-3H3,(H,20,23)/t15-/m1/s1. The highest BCUT2D eigenvalue weighted by atomic mass is 16.5. The van der Waals surface area contributed by atoms with Crippen LogP contribution in [-0.2, 0) is 4.79 Å². The maximum atomic E-state index is 11.6. The highest BCUT2D eigenvalue weighted by Crippen LogP contribution is 2.31. The Kier molecular flexibility index (Phi) is 4.99. The summed E-state index contributed by atoms with van der Waals surface area (Å²) in [5.41, 5.74) is 1.27. The van der Waals surface area contributed by atoms with Crippen LogP contribution in [0.5, 0.6) is 5.75 Å². The van der Waals surface area contributed by atoms with Crippen molar-refractivity contribution in [3.8, 4) is 5.75 Å². The first-order chi connectivity index (χ1) is 11.5. The van der Waals surface area contributed by atoms with Crippen LogP contribution >= 0.6 is 0 Å². The molecule has 0 saturated carbocycles. The summed E-state index contributed by atoms with van der Waals surface area (Å²) in [4.78, 5) is 16.6. The number of nitrogens with zero attached hydrogens (tertiary/aromatic N) is 2. The van der Waals surface area contributed by atoms with Gasteiger partial charge in [0.25, 0.3) is 0 Å². The quantitative estimate of drug-likeness (QED) is 0.923. The van der Waals surface area contributed by atoms with E-state index in [1.54, 1.807) is 7.11 Å². The number of rotatable bonds is 3. The molecule has 1 aromatic carbocycles. The van der Waals surface area contributed by atoms with E-state index in [4.69, 9.17) is 4.74 Å². The summed E-state index contributed by atoms with van der Waals surface area (Å²) in [6.07, 6.45) is 2.68. The van der Waals surface area contributed by atoms with E-state index in [9.17, 15) is 4.79 Å². The van der Waals surface area contributed by atoms with Gasteiger partial charge in [0.15, 0.2) is 0 Å². The van der Waals surface area contributed by atoms with Crippen molar-refractivity contribution in [1.82, 2.24) is 10.2 Å². The van der Waals surface area contributed by atoms with Gasteiger partial charge in [-0.25, -0.2) is 0 Å². The van der Waals surface area contributed by atoms with Crippen molar-refractivity contribution in [2.45, 2.75) is 44.7 Å². The minimum absolute atomic E-state index is 0.0500. The molecule has 1 amide bonds. The zero-order chi connectivity index (χ0) is 17.2. The lowest BCUT2D eigenvalue weighted by Crippen LogP contribution is -2.61. The van der Waals surface area contributed by atoms with Crippen molar-refractivity contribution in [2.75, 3.05) is 38.2 Å². The summed E-state index contributed by atoms with van der Waals surface area (Å²) in [7, 11) is 1.71. The topological polar surface area (TPSA) is 44.8 Å². The van der Waals surface area contributed by atoms with Crippen LogP contribution in [0.3, 0.4) is 0 Å². The van der Waals surface area contributed by atoms with Crippen LogP contribution in [0, 0.1) is 0 Å². The molecule has 0 bridgehead atoms. The summed E-state index contributed by atoms with van der Waals surface area (Å²) in [5, 5.41) is 2.99. The number of amides is 1. The zero-order valence-electron chi connectivity index (χ0n) is 15.0. The van der Waals surface area contributed by atoms with Crippen molar-refractivity contribution in [1.29, 1.82) is 0 Å². The van der Waals surface area contributed by atoms with Gasteiger partial charge in [-0.05, 0) is 38.8 Å². The zero-order valence-corrected chi connectivity index (χ0v) is 15.0. The molecule has 5 nitrogen and oxygen atoms in total. The molecule has 24 heavy (non-hydrogen) atoms. The molecule has 5 heteroatoms. The molecule has 0 spiro atoms. The fourth-order valence-corrected chi connectivity index (χ4v) is 4.03. The lowest BCUT2D eigenvalue weighted by Gasteiger charge is -2.50. The number of carbonyl (C=O) groups excluding carboxylic acids is 1. The van der Waals surface area contributed by atoms with E-state index in [1.165, 1.54) is 5.69 Å². The first-order valence-corrected chi connectivity index (χ1v) is 8.92. The average Bonchev–Trinajstić information content (AvgIpc) is 2.78. The van der Waals surface area contributed by atoms with Crippen molar-refractivity contribution < 1.29 is 9.53 Å². The first-order valence-electron chi connectivity index (χ1n) is 8.92. The maximum absolute atomic E-state index is 11.6. The van der Waals surface area contributed by atoms with Crippen LogP contribution in [0.2, 0.25) is 0 Å². The summed E-state index contributed by atoms with van der Waals surface area (Å²) in [5.74, 6) is 1.10. The first kappa shape index (κ1) is 17.1. The Morgan fingerprint density at radius 1 is 1.25 bits per heavy atom. The van der Waals surface area contributed by atoms with Crippen LogP contribution in [0.4, 0.5) is 5.69 Å². The molecule has 2 fully saturated rings. The Balaban J connectivity index is 1.71. The number of piperazine rings is 1. The predicted molar refractivity (Wildman–Crippen MR) is 96.6 cm³/mol. The number of carbonyl (C=O) groups is 1. The molecule has 1 N–H and O–H groups in total. The molecule has 0 aromatic heterocycles. The van der Waals surface area contributed by atoms with Crippen LogP contribution in [-0.4, -0.2) is 55.7 Å². The molecular weight excluding hydrogens is 302 g/mol. The Hall–Kier alpha value is -1.75. The number of methoxy groups -OCH3 is 1. The summed E-state index contributed by atoms with van der Waals surface area (Å²) in [6.45, 7) is 8.47. The third-order valence-corrected chi connectivity index (χ3v) is 5.32. The molecular formula is C19H29N3O2. The van der Waals surface area contributed by atoms with Gasteiger partial charge < -0.3 is 15.0 Å². The van der Waals surface area contributed by atoms with E-state index in [1.807, 2.05) is 6.07 Å². The summed E-state index contributed by atoms with van der Waals surface area (Å²) >= 11 is 0. The highest BCUT2D eigenvalue weighted by Gasteiger charge is 2.36. The maximum Gasteiger partial charge on any atom is 0.220 e. The monoisotopic (exact) mass is 331 g/mol. The third-order valence-electron chi connectivity index (χ3n) is 5.32. The van der Waals surface area contributed by atoms with Gasteiger partial charge in [-0.15, -0.1) is 0 Å². The van der Waals surface area contributed by atoms with Crippen molar-refractivity contribution in [3.63, 3.8) is 0 Å². The third kappa shape index (κ3) is 3.66. The number of benzene rings is 1. The smallest absolute Gasteiger partial charge is 0.220 e. The number of nitrogens with one attached hydrogen (secondary N) is 1. The van der Waals surface area contributed by atoms with Crippen LogP contribution < -0.4 is 15.0 Å². The second kappa shape index (κ2) is 7.01. The molecule has 0 radical (unpaired) electrons. The second-order valence-electron chi connectivity index (χ2n) is 7.47. The van der Waals surface area contributed by atoms with Crippen LogP contribution in [0.25, 0.3) is 0 Å².